The first-order valence-electron chi connectivity index (χ1n) is 6.86. The molecule has 0 radical (unpaired) electrons. The molecule has 22 heavy (non-hydrogen) atoms. The van der Waals surface area contributed by atoms with E-state index in [1.165, 1.54) is 0 Å². The van der Waals surface area contributed by atoms with Crippen molar-refractivity contribution >= 4 is 39.7 Å². The number of benzene rings is 1. The molecule has 6 nitrogen and oxygen atoms in total. The molecule has 0 aliphatic carbocycles. The van der Waals surface area contributed by atoms with Crippen LogP contribution < -0.4 is 15.4 Å². The summed E-state index contributed by atoms with van der Waals surface area (Å²) < 4.78 is 25.1. The highest BCUT2D eigenvalue weighted by Crippen LogP contribution is 2.23. The van der Waals surface area contributed by atoms with E-state index in [0.29, 0.717) is 17.3 Å². The van der Waals surface area contributed by atoms with Crippen LogP contribution in [0.1, 0.15) is 12.5 Å². The Balaban J connectivity index is 0.00000242. The minimum Gasteiger partial charge on any atom is -0.326 e. The number of nitrogens with one attached hydrogen (secondary N) is 3. The van der Waals surface area contributed by atoms with Crippen LogP contribution in [0.25, 0.3) is 0 Å². The number of carbonyl (C=O) groups is 1. The van der Waals surface area contributed by atoms with Gasteiger partial charge in [-0.25, -0.2) is 8.42 Å². The summed E-state index contributed by atoms with van der Waals surface area (Å²) in [4.78, 5) is 12.2. The third kappa shape index (κ3) is 4.86. The van der Waals surface area contributed by atoms with Gasteiger partial charge in [-0.1, -0.05) is 13.0 Å². The Morgan fingerprint density at radius 2 is 2.00 bits per heavy atom. The zero-order chi connectivity index (χ0) is 15.6. The van der Waals surface area contributed by atoms with Crippen LogP contribution in [0.5, 0.6) is 0 Å². The first kappa shape index (κ1) is 18.7. The molecule has 0 spiro atoms. The number of hydrogen-bond donors (Lipinski definition) is 3. The molecular weight excluding hydrogens is 326 g/mol. The maximum absolute atomic E-state index is 12.2. The third-order valence-electron chi connectivity index (χ3n) is 3.73. The Morgan fingerprint density at radius 1 is 1.36 bits per heavy atom. The van der Waals surface area contributed by atoms with Gasteiger partial charge in [-0.05, 0) is 43.6 Å². The third-order valence-corrected chi connectivity index (χ3v) is 4.32. The Bertz CT molecular complexity index is 645. The maximum Gasteiger partial charge on any atom is 0.229 e. The molecule has 1 fully saturated rings. The molecule has 124 valence electrons. The fraction of sp³-hybridized carbons (Fsp3) is 0.500. The molecule has 2 rings (SSSR count). The second-order valence-corrected chi connectivity index (χ2v) is 7.35. The van der Waals surface area contributed by atoms with Crippen molar-refractivity contribution in [1.82, 2.24) is 5.32 Å². The van der Waals surface area contributed by atoms with Crippen LogP contribution in [0.3, 0.4) is 0 Å². The van der Waals surface area contributed by atoms with E-state index in [2.05, 4.69) is 15.4 Å². The van der Waals surface area contributed by atoms with Gasteiger partial charge in [-0.15, -0.1) is 12.4 Å². The SMILES string of the molecule is Cc1ccc(NC(=O)C(C)C2CNC2)cc1NS(C)(=O)=O.Cl. The average molecular weight is 348 g/mol. The van der Waals surface area contributed by atoms with Crippen LogP contribution >= 0.6 is 12.4 Å². The smallest absolute Gasteiger partial charge is 0.229 e. The number of hydrogen-bond acceptors (Lipinski definition) is 4. The summed E-state index contributed by atoms with van der Waals surface area (Å²) in [7, 11) is -3.34. The molecule has 1 unspecified atom stereocenters. The van der Waals surface area contributed by atoms with E-state index in [1.807, 2.05) is 13.8 Å². The summed E-state index contributed by atoms with van der Waals surface area (Å²) in [6, 6.07) is 5.19. The molecule has 1 amide bonds. The Hall–Kier alpha value is -1.31. The number of sulfonamides is 1. The van der Waals surface area contributed by atoms with Crippen LogP contribution in [-0.4, -0.2) is 33.7 Å². The lowest BCUT2D eigenvalue weighted by Gasteiger charge is -2.31. The van der Waals surface area contributed by atoms with Crippen LogP contribution in [0.2, 0.25) is 0 Å². The number of rotatable bonds is 5. The van der Waals surface area contributed by atoms with Crippen molar-refractivity contribution in [3.8, 4) is 0 Å². The van der Waals surface area contributed by atoms with Gasteiger partial charge < -0.3 is 10.6 Å². The molecular formula is C14H22ClN3O3S. The Morgan fingerprint density at radius 3 is 2.50 bits per heavy atom. The van der Waals surface area contributed by atoms with Crippen molar-refractivity contribution in [1.29, 1.82) is 0 Å². The van der Waals surface area contributed by atoms with Gasteiger partial charge in [0.25, 0.3) is 0 Å². The molecule has 8 heteroatoms. The molecule has 1 aliphatic heterocycles. The van der Waals surface area contributed by atoms with Crippen molar-refractivity contribution in [2.45, 2.75) is 13.8 Å². The van der Waals surface area contributed by atoms with Gasteiger partial charge in [0.05, 0.1) is 11.9 Å². The number of carbonyl (C=O) groups excluding carboxylic acids is 1. The molecule has 1 aliphatic rings. The van der Waals surface area contributed by atoms with E-state index < -0.39 is 10.0 Å². The van der Waals surface area contributed by atoms with Gasteiger partial charge in [0.2, 0.25) is 15.9 Å². The highest BCUT2D eigenvalue weighted by molar-refractivity contribution is 7.92. The van der Waals surface area contributed by atoms with E-state index >= 15 is 0 Å². The normalized spacial score (nSPS) is 16.1. The minimum atomic E-state index is -3.34. The molecule has 1 aromatic rings. The standard InChI is InChI=1S/C14H21N3O3S.ClH/c1-9-4-5-12(6-13(9)17-21(3,19)20)16-14(18)10(2)11-7-15-8-11;/h4-6,10-11,15,17H,7-8H2,1-3H3,(H,16,18);1H. The lowest BCUT2D eigenvalue weighted by Crippen LogP contribution is -2.48. The Kier molecular flexibility index (Phi) is 6.22. The molecule has 0 bridgehead atoms. The van der Waals surface area contributed by atoms with Gasteiger partial charge in [0.15, 0.2) is 0 Å². The first-order chi connectivity index (χ1) is 9.76. The number of halogens is 1. The molecule has 1 heterocycles. The van der Waals surface area contributed by atoms with Gasteiger partial charge in [-0.2, -0.15) is 0 Å². The lowest BCUT2D eigenvalue weighted by atomic mass is 9.88. The predicted molar refractivity (Wildman–Crippen MR) is 91.0 cm³/mol. The van der Waals surface area contributed by atoms with Gasteiger partial charge >= 0.3 is 0 Å². The summed E-state index contributed by atoms with van der Waals surface area (Å²) in [5.41, 5.74) is 1.87. The highest BCUT2D eigenvalue weighted by Gasteiger charge is 2.28. The summed E-state index contributed by atoms with van der Waals surface area (Å²) in [5.74, 6) is 0.249. The first-order valence-corrected chi connectivity index (χ1v) is 8.75. The zero-order valence-corrected chi connectivity index (χ0v) is 14.5. The van der Waals surface area contributed by atoms with Crippen molar-refractivity contribution in [3.63, 3.8) is 0 Å². The lowest BCUT2D eigenvalue weighted by molar-refractivity contribution is -0.121. The summed E-state index contributed by atoms with van der Waals surface area (Å²) in [6.07, 6.45) is 1.10. The fourth-order valence-corrected chi connectivity index (χ4v) is 2.76. The summed E-state index contributed by atoms with van der Waals surface area (Å²) >= 11 is 0. The number of anilines is 2. The van der Waals surface area contributed by atoms with Crippen LogP contribution in [0.4, 0.5) is 11.4 Å². The highest BCUT2D eigenvalue weighted by atomic mass is 35.5. The monoisotopic (exact) mass is 347 g/mol. The van der Waals surface area contributed by atoms with Gasteiger partial charge in [-0.3, -0.25) is 9.52 Å². The maximum atomic E-state index is 12.2. The molecule has 1 saturated heterocycles. The topological polar surface area (TPSA) is 87.3 Å². The predicted octanol–water partition coefficient (Wildman–Crippen LogP) is 1.58. The van der Waals surface area contributed by atoms with Gasteiger partial charge in [0.1, 0.15) is 0 Å². The van der Waals surface area contributed by atoms with Crippen molar-refractivity contribution in [2.75, 3.05) is 29.4 Å². The number of amides is 1. The minimum absolute atomic E-state index is 0. The second kappa shape index (κ2) is 7.30. The van der Waals surface area contributed by atoms with Crippen molar-refractivity contribution in [2.24, 2.45) is 11.8 Å². The van der Waals surface area contributed by atoms with E-state index in [1.54, 1.807) is 18.2 Å². The van der Waals surface area contributed by atoms with E-state index in [9.17, 15) is 13.2 Å². The number of aryl methyl sites for hydroxylation is 1. The summed E-state index contributed by atoms with van der Waals surface area (Å²) in [6.45, 7) is 5.44. The largest absolute Gasteiger partial charge is 0.326 e. The van der Waals surface area contributed by atoms with E-state index in [0.717, 1.165) is 24.9 Å². The Labute approximate surface area is 137 Å². The van der Waals surface area contributed by atoms with Crippen LogP contribution in [0, 0.1) is 18.8 Å². The van der Waals surface area contributed by atoms with Crippen molar-refractivity contribution < 1.29 is 13.2 Å². The average Bonchev–Trinajstić information content (AvgIpc) is 2.29. The fourth-order valence-electron chi connectivity index (χ4n) is 2.14. The van der Waals surface area contributed by atoms with E-state index in [-0.39, 0.29) is 24.2 Å². The van der Waals surface area contributed by atoms with Crippen molar-refractivity contribution in [3.05, 3.63) is 23.8 Å². The molecule has 1 aromatic carbocycles. The van der Waals surface area contributed by atoms with Crippen LogP contribution in [-0.2, 0) is 14.8 Å². The second-order valence-electron chi connectivity index (χ2n) is 5.60. The molecule has 0 aromatic heterocycles. The molecule has 1 atom stereocenters. The van der Waals surface area contributed by atoms with Crippen LogP contribution in [0.15, 0.2) is 18.2 Å². The molecule has 0 saturated carbocycles. The zero-order valence-electron chi connectivity index (χ0n) is 12.8. The molecule has 3 N–H and O–H groups in total. The quantitative estimate of drug-likeness (QED) is 0.754. The van der Waals surface area contributed by atoms with E-state index in [4.69, 9.17) is 0 Å². The summed E-state index contributed by atoms with van der Waals surface area (Å²) in [5, 5.41) is 5.99. The van der Waals surface area contributed by atoms with Gasteiger partial charge in [0, 0.05) is 11.6 Å².